The van der Waals surface area contributed by atoms with Crippen LogP contribution in [0.2, 0.25) is 0 Å². The SMILES string of the molecule is CC(=O)NCc1ccc(-c2csc(NC(=O)c3sccc3C)n2)cc1. The molecule has 2 aromatic heterocycles. The van der Waals surface area contributed by atoms with Crippen LogP contribution in [-0.4, -0.2) is 16.8 Å². The molecule has 128 valence electrons. The highest BCUT2D eigenvalue weighted by atomic mass is 32.1. The van der Waals surface area contributed by atoms with Crippen LogP contribution in [0.4, 0.5) is 5.13 Å². The number of nitrogens with zero attached hydrogens (tertiary/aromatic N) is 1. The lowest BCUT2D eigenvalue weighted by Crippen LogP contribution is -2.18. The first-order valence-corrected chi connectivity index (χ1v) is 9.43. The Hall–Kier alpha value is -2.51. The summed E-state index contributed by atoms with van der Waals surface area (Å²) in [5, 5.41) is 10.0. The number of aryl methyl sites for hydroxylation is 1. The van der Waals surface area contributed by atoms with Gasteiger partial charge in [-0.3, -0.25) is 14.9 Å². The zero-order chi connectivity index (χ0) is 17.8. The summed E-state index contributed by atoms with van der Waals surface area (Å²) in [4.78, 5) is 28.4. The lowest BCUT2D eigenvalue weighted by atomic mass is 10.1. The van der Waals surface area contributed by atoms with Gasteiger partial charge in [0.25, 0.3) is 5.91 Å². The second-order valence-corrected chi connectivity index (χ2v) is 7.31. The van der Waals surface area contributed by atoms with Crippen molar-refractivity contribution >= 4 is 39.6 Å². The number of anilines is 1. The molecule has 3 aromatic rings. The highest BCUT2D eigenvalue weighted by Gasteiger charge is 2.13. The van der Waals surface area contributed by atoms with E-state index in [4.69, 9.17) is 0 Å². The average molecular weight is 371 g/mol. The predicted octanol–water partition coefficient (Wildman–Crippen LogP) is 4.07. The molecule has 0 radical (unpaired) electrons. The number of carbonyl (C=O) groups is 2. The van der Waals surface area contributed by atoms with Crippen LogP contribution in [-0.2, 0) is 11.3 Å². The number of thiophene rings is 1. The summed E-state index contributed by atoms with van der Waals surface area (Å²) >= 11 is 2.82. The molecule has 0 fully saturated rings. The van der Waals surface area contributed by atoms with Crippen LogP contribution in [0.1, 0.15) is 27.7 Å². The Kier molecular flexibility index (Phi) is 5.25. The van der Waals surface area contributed by atoms with E-state index < -0.39 is 0 Å². The molecule has 3 rings (SSSR count). The third-order valence-electron chi connectivity index (χ3n) is 3.58. The first-order valence-electron chi connectivity index (χ1n) is 7.67. The fraction of sp³-hybridized carbons (Fsp3) is 0.167. The minimum atomic E-state index is -0.126. The molecule has 25 heavy (non-hydrogen) atoms. The van der Waals surface area contributed by atoms with Crippen molar-refractivity contribution in [2.45, 2.75) is 20.4 Å². The number of nitrogens with one attached hydrogen (secondary N) is 2. The summed E-state index contributed by atoms with van der Waals surface area (Å²) < 4.78 is 0. The molecule has 1 aromatic carbocycles. The fourth-order valence-electron chi connectivity index (χ4n) is 2.24. The first kappa shape index (κ1) is 17.3. The van der Waals surface area contributed by atoms with E-state index in [0.717, 1.165) is 22.4 Å². The number of hydrogen-bond donors (Lipinski definition) is 2. The molecular formula is C18H17N3O2S2. The van der Waals surface area contributed by atoms with Crippen molar-refractivity contribution in [1.82, 2.24) is 10.3 Å². The van der Waals surface area contributed by atoms with Crippen molar-refractivity contribution in [1.29, 1.82) is 0 Å². The molecular weight excluding hydrogens is 354 g/mol. The molecule has 2 heterocycles. The van der Waals surface area contributed by atoms with E-state index in [1.807, 2.05) is 48.0 Å². The van der Waals surface area contributed by atoms with E-state index in [0.29, 0.717) is 16.6 Å². The monoisotopic (exact) mass is 371 g/mol. The van der Waals surface area contributed by atoms with Gasteiger partial charge in [0, 0.05) is 24.4 Å². The number of hydrogen-bond acceptors (Lipinski definition) is 5. The van der Waals surface area contributed by atoms with Gasteiger partial charge in [0.2, 0.25) is 5.91 Å². The lowest BCUT2D eigenvalue weighted by Gasteiger charge is -2.03. The molecule has 0 aliphatic rings. The van der Waals surface area contributed by atoms with Gasteiger partial charge in [-0.2, -0.15) is 0 Å². The van der Waals surface area contributed by atoms with Gasteiger partial charge < -0.3 is 5.32 Å². The Balaban J connectivity index is 1.68. The second-order valence-electron chi connectivity index (χ2n) is 5.53. The number of rotatable bonds is 5. The first-order chi connectivity index (χ1) is 12.0. The Labute approximate surface area is 153 Å². The van der Waals surface area contributed by atoms with Gasteiger partial charge in [-0.25, -0.2) is 4.98 Å². The van der Waals surface area contributed by atoms with Crippen molar-refractivity contribution in [3.05, 3.63) is 57.1 Å². The Morgan fingerprint density at radius 1 is 1.12 bits per heavy atom. The predicted molar refractivity (Wildman–Crippen MR) is 102 cm³/mol. The van der Waals surface area contributed by atoms with Crippen molar-refractivity contribution in [2.24, 2.45) is 0 Å². The summed E-state index contributed by atoms with van der Waals surface area (Å²) in [5.74, 6) is -0.177. The average Bonchev–Trinajstić information content (AvgIpc) is 3.22. The minimum absolute atomic E-state index is 0.0510. The molecule has 0 bridgehead atoms. The number of thiazole rings is 1. The maximum atomic E-state index is 12.2. The normalized spacial score (nSPS) is 10.5. The van der Waals surface area contributed by atoms with Crippen LogP contribution in [0.5, 0.6) is 0 Å². The van der Waals surface area contributed by atoms with Crippen molar-refractivity contribution in [2.75, 3.05) is 5.32 Å². The van der Waals surface area contributed by atoms with Crippen molar-refractivity contribution < 1.29 is 9.59 Å². The molecule has 2 N–H and O–H groups in total. The van der Waals surface area contributed by atoms with E-state index in [1.165, 1.54) is 29.6 Å². The van der Waals surface area contributed by atoms with Crippen LogP contribution in [0, 0.1) is 6.92 Å². The molecule has 0 saturated carbocycles. The molecule has 0 aliphatic carbocycles. The summed E-state index contributed by atoms with van der Waals surface area (Å²) in [6, 6.07) is 9.76. The van der Waals surface area contributed by atoms with E-state index in [2.05, 4.69) is 15.6 Å². The molecule has 0 saturated heterocycles. The van der Waals surface area contributed by atoms with Gasteiger partial charge in [-0.1, -0.05) is 24.3 Å². The molecule has 7 heteroatoms. The van der Waals surface area contributed by atoms with Gasteiger partial charge in [-0.15, -0.1) is 22.7 Å². The molecule has 0 spiro atoms. The second kappa shape index (κ2) is 7.58. The topological polar surface area (TPSA) is 71.1 Å². The summed E-state index contributed by atoms with van der Waals surface area (Å²) in [5.41, 5.74) is 3.77. The number of carbonyl (C=O) groups excluding carboxylic acids is 2. The van der Waals surface area contributed by atoms with Crippen LogP contribution in [0.3, 0.4) is 0 Å². The lowest BCUT2D eigenvalue weighted by molar-refractivity contribution is -0.119. The third kappa shape index (κ3) is 4.32. The van der Waals surface area contributed by atoms with Crippen LogP contribution in [0.15, 0.2) is 41.1 Å². The number of aromatic nitrogens is 1. The van der Waals surface area contributed by atoms with Crippen LogP contribution < -0.4 is 10.6 Å². The largest absolute Gasteiger partial charge is 0.352 e. The van der Waals surface area contributed by atoms with Crippen LogP contribution in [0.25, 0.3) is 11.3 Å². The maximum absolute atomic E-state index is 12.2. The summed E-state index contributed by atoms with van der Waals surface area (Å²) in [6.45, 7) is 3.92. The quantitative estimate of drug-likeness (QED) is 0.710. The van der Waals surface area contributed by atoms with Crippen molar-refractivity contribution in [3.8, 4) is 11.3 Å². The van der Waals surface area contributed by atoms with E-state index >= 15 is 0 Å². The number of amides is 2. The summed E-state index contributed by atoms with van der Waals surface area (Å²) in [6.07, 6.45) is 0. The standard InChI is InChI=1S/C18H17N3O2S2/c1-11-7-8-24-16(11)17(23)21-18-20-15(10-25-18)14-5-3-13(4-6-14)9-19-12(2)22/h3-8,10H,9H2,1-2H3,(H,19,22)(H,20,21,23). The van der Waals surface area contributed by atoms with Crippen LogP contribution >= 0.6 is 22.7 Å². The smallest absolute Gasteiger partial charge is 0.267 e. The zero-order valence-electron chi connectivity index (χ0n) is 13.8. The van der Waals surface area contributed by atoms with Gasteiger partial charge in [-0.05, 0) is 29.5 Å². The zero-order valence-corrected chi connectivity index (χ0v) is 15.5. The Morgan fingerprint density at radius 3 is 2.52 bits per heavy atom. The van der Waals surface area contributed by atoms with Gasteiger partial charge >= 0.3 is 0 Å². The van der Waals surface area contributed by atoms with Gasteiger partial charge in [0.15, 0.2) is 5.13 Å². The molecule has 0 atom stereocenters. The molecule has 0 unspecified atom stereocenters. The Bertz CT molecular complexity index is 897. The van der Waals surface area contributed by atoms with Gasteiger partial charge in [0.1, 0.15) is 0 Å². The molecule has 2 amide bonds. The highest BCUT2D eigenvalue weighted by molar-refractivity contribution is 7.14. The fourth-order valence-corrected chi connectivity index (χ4v) is 3.78. The maximum Gasteiger partial charge on any atom is 0.267 e. The number of benzene rings is 1. The minimum Gasteiger partial charge on any atom is -0.352 e. The summed E-state index contributed by atoms with van der Waals surface area (Å²) in [7, 11) is 0. The highest BCUT2D eigenvalue weighted by Crippen LogP contribution is 2.26. The van der Waals surface area contributed by atoms with E-state index in [9.17, 15) is 9.59 Å². The molecule has 0 aliphatic heterocycles. The van der Waals surface area contributed by atoms with Gasteiger partial charge in [0.05, 0.1) is 10.6 Å². The van der Waals surface area contributed by atoms with Crippen molar-refractivity contribution in [3.63, 3.8) is 0 Å². The Morgan fingerprint density at radius 2 is 1.88 bits per heavy atom. The molecule has 5 nitrogen and oxygen atoms in total. The third-order valence-corrected chi connectivity index (χ3v) is 5.36. The van der Waals surface area contributed by atoms with E-state index in [-0.39, 0.29) is 11.8 Å². The van der Waals surface area contributed by atoms with E-state index in [1.54, 1.807) is 0 Å².